The molecule has 10 heavy (non-hydrogen) atoms. The quantitative estimate of drug-likeness (QED) is 0.553. The molecule has 0 bridgehead atoms. The number of hydrogen-bond donors (Lipinski definition) is 0. The summed E-state index contributed by atoms with van der Waals surface area (Å²) in [5, 5.41) is 0. The highest BCUT2D eigenvalue weighted by Crippen LogP contribution is 2.25. The van der Waals surface area contributed by atoms with E-state index in [1.807, 2.05) is 11.8 Å². The van der Waals surface area contributed by atoms with Gasteiger partial charge in [0.25, 0.3) is 0 Å². The normalized spacial score (nSPS) is 29.4. The van der Waals surface area contributed by atoms with Crippen LogP contribution in [0.15, 0.2) is 10.5 Å². The highest BCUT2D eigenvalue weighted by atomic mass is 32.2. The van der Waals surface area contributed by atoms with Crippen molar-refractivity contribution in [1.29, 1.82) is 0 Å². The van der Waals surface area contributed by atoms with Gasteiger partial charge < -0.3 is 0 Å². The number of rotatable bonds is 0. The van der Waals surface area contributed by atoms with Crippen molar-refractivity contribution < 1.29 is 0 Å². The molecule has 0 aliphatic carbocycles. The Bertz CT molecular complexity index is 122. The van der Waals surface area contributed by atoms with Gasteiger partial charge in [-0.15, -0.1) is 11.8 Å². The van der Waals surface area contributed by atoms with Crippen LogP contribution in [0.3, 0.4) is 0 Å². The topological polar surface area (TPSA) is 0 Å². The molecule has 1 aliphatic heterocycles. The van der Waals surface area contributed by atoms with Gasteiger partial charge in [0.05, 0.1) is 0 Å². The minimum atomic E-state index is 1.25. The molecule has 1 aliphatic rings. The van der Waals surface area contributed by atoms with Crippen molar-refractivity contribution in [3.05, 3.63) is 10.5 Å². The molecule has 0 aromatic carbocycles. The maximum absolute atomic E-state index is 2.25. The van der Waals surface area contributed by atoms with Crippen molar-refractivity contribution in [2.24, 2.45) is 0 Å². The van der Waals surface area contributed by atoms with Gasteiger partial charge in [-0.05, 0) is 36.7 Å². The van der Waals surface area contributed by atoms with Gasteiger partial charge >= 0.3 is 0 Å². The second-order valence-electron chi connectivity index (χ2n) is 2.59. The molecule has 2 heteroatoms. The third-order valence-corrected chi connectivity index (χ3v) is 4.16. The van der Waals surface area contributed by atoms with Crippen molar-refractivity contribution in [2.75, 3.05) is 17.3 Å². The summed E-state index contributed by atoms with van der Waals surface area (Å²) >= 11 is 4.10. The van der Waals surface area contributed by atoms with Crippen molar-refractivity contribution in [3.63, 3.8) is 0 Å². The summed E-state index contributed by atoms with van der Waals surface area (Å²) in [7, 11) is 0. The Kier molecular flexibility index (Phi) is 3.71. The summed E-state index contributed by atoms with van der Waals surface area (Å²) in [6.07, 6.45) is 1.37. The van der Waals surface area contributed by atoms with E-state index in [0.29, 0.717) is 0 Å². The van der Waals surface area contributed by atoms with Crippen LogP contribution in [0, 0.1) is 0 Å². The zero-order valence-electron chi connectivity index (χ0n) is 6.64. The van der Waals surface area contributed by atoms with Gasteiger partial charge in [-0.3, -0.25) is 0 Å². The summed E-state index contributed by atoms with van der Waals surface area (Å²) in [6.45, 7) is 4.49. The molecule has 1 rings (SSSR count). The summed E-state index contributed by atoms with van der Waals surface area (Å²) in [4.78, 5) is 1.55. The molecule has 0 aromatic rings. The Morgan fingerprint density at radius 2 is 2.00 bits per heavy atom. The fourth-order valence-corrected chi connectivity index (χ4v) is 3.04. The molecular weight excluding hydrogens is 160 g/mol. The predicted octanol–water partition coefficient (Wildman–Crippen LogP) is 3.15. The van der Waals surface area contributed by atoms with E-state index in [1.165, 1.54) is 23.7 Å². The van der Waals surface area contributed by atoms with Crippen molar-refractivity contribution in [2.45, 2.75) is 20.3 Å². The Balaban J connectivity index is 2.51. The van der Waals surface area contributed by atoms with Gasteiger partial charge in [0.1, 0.15) is 0 Å². The molecule has 0 saturated carbocycles. The minimum absolute atomic E-state index is 1.25. The lowest BCUT2D eigenvalue weighted by Gasteiger charge is -2.10. The second kappa shape index (κ2) is 4.35. The monoisotopic (exact) mass is 174 g/mol. The number of allylic oxidation sites excluding steroid dienone is 1. The van der Waals surface area contributed by atoms with E-state index in [2.05, 4.69) is 25.6 Å². The standard InChI is InChI=1S/C8H14S2/c1-7-6-9-4-3-5-10-8(7)2/h3-6H2,1-2H3/b8-7-. The summed E-state index contributed by atoms with van der Waals surface area (Å²) in [6, 6.07) is 0. The van der Waals surface area contributed by atoms with Crippen molar-refractivity contribution in [3.8, 4) is 0 Å². The van der Waals surface area contributed by atoms with Gasteiger partial charge in [-0.1, -0.05) is 5.57 Å². The first kappa shape index (κ1) is 8.54. The SMILES string of the molecule is C/C1=C(\C)SCCCSC1. The largest absolute Gasteiger partial charge is 0.158 e. The van der Waals surface area contributed by atoms with E-state index in [0.717, 1.165) is 0 Å². The molecule has 0 atom stereocenters. The van der Waals surface area contributed by atoms with Gasteiger partial charge in [0.2, 0.25) is 0 Å². The molecule has 0 amide bonds. The van der Waals surface area contributed by atoms with Crippen LogP contribution in [-0.4, -0.2) is 17.3 Å². The molecule has 0 saturated heterocycles. The third-order valence-electron chi connectivity index (χ3n) is 1.67. The molecule has 0 aromatic heterocycles. The first-order valence-electron chi connectivity index (χ1n) is 3.67. The molecule has 0 unspecified atom stereocenters. The molecule has 0 fully saturated rings. The van der Waals surface area contributed by atoms with Crippen LogP contribution in [0.25, 0.3) is 0 Å². The predicted molar refractivity (Wildman–Crippen MR) is 52.8 cm³/mol. The molecule has 0 radical (unpaired) electrons. The average molecular weight is 174 g/mol. The summed E-state index contributed by atoms with van der Waals surface area (Å²) in [5.41, 5.74) is 1.58. The van der Waals surface area contributed by atoms with Gasteiger partial charge in [-0.2, -0.15) is 11.8 Å². The molecule has 1 heterocycles. The second-order valence-corrected chi connectivity index (χ2v) is 5.01. The zero-order valence-corrected chi connectivity index (χ0v) is 8.28. The fourth-order valence-electron chi connectivity index (χ4n) is 0.836. The molecular formula is C8H14S2. The van der Waals surface area contributed by atoms with E-state index in [9.17, 15) is 0 Å². The Morgan fingerprint density at radius 3 is 2.80 bits per heavy atom. The highest BCUT2D eigenvalue weighted by molar-refractivity contribution is 8.03. The van der Waals surface area contributed by atoms with Crippen LogP contribution >= 0.6 is 23.5 Å². The van der Waals surface area contributed by atoms with E-state index in [1.54, 1.807) is 10.5 Å². The zero-order chi connectivity index (χ0) is 7.40. The Labute approximate surface area is 71.8 Å². The Morgan fingerprint density at radius 1 is 1.20 bits per heavy atom. The fraction of sp³-hybridized carbons (Fsp3) is 0.750. The summed E-state index contributed by atoms with van der Waals surface area (Å²) < 4.78 is 0. The number of thioether (sulfide) groups is 2. The van der Waals surface area contributed by atoms with E-state index in [4.69, 9.17) is 0 Å². The van der Waals surface area contributed by atoms with Crippen LogP contribution in [-0.2, 0) is 0 Å². The lowest BCUT2D eigenvalue weighted by Crippen LogP contribution is -1.94. The molecule has 0 N–H and O–H groups in total. The first-order valence-corrected chi connectivity index (χ1v) is 5.81. The first-order chi connectivity index (χ1) is 4.80. The number of hydrogen-bond acceptors (Lipinski definition) is 2. The van der Waals surface area contributed by atoms with Crippen LogP contribution in [0.1, 0.15) is 20.3 Å². The maximum Gasteiger partial charge on any atom is 0.0151 e. The van der Waals surface area contributed by atoms with Gasteiger partial charge in [-0.25, -0.2) is 0 Å². The minimum Gasteiger partial charge on any atom is -0.158 e. The van der Waals surface area contributed by atoms with Gasteiger partial charge in [0.15, 0.2) is 0 Å². The molecule has 0 spiro atoms. The van der Waals surface area contributed by atoms with Crippen molar-refractivity contribution >= 4 is 23.5 Å². The average Bonchev–Trinajstić information content (AvgIpc) is 1.92. The van der Waals surface area contributed by atoms with Crippen LogP contribution in [0.4, 0.5) is 0 Å². The lowest BCUT2D eigenvalue weighted by atomic mass is 10.3. The maximum atomic E-state index is 2.25. The third kappa shape index (κ3) is 2.59. The smallest absolute Gasteiger partial charge is 0.0151 e. The molecule has 58 valence electrons. The van der Waals surface area contributed by atoms with E-state index in [-0.39, 0.29) is 0 Å². The lowest BCUT2D eigenvalue weighted by molar-refractivity contribution is 1.12. The van der Waals surface area contributed by atoms with Crippen molar-refractivity contribution in [1.82, 2.24) is 0 Å². The van der Waals surface area contributed by atoms with Crippen LogP contribution < -0.4 is 0 Å². The molecule has 0 nitrogen and oxygen atoms in total. The van der Waals surface area contributed by atoms with Crippen LogP contribution in [0.2, 0.25) is 0 Å². The highest BCUT2D eigenvalue weighted by Gasteiger charge is 2.02. The van der Waals surface area contributed by atoms with Gasteiger partial charge in [0, 0.05) is 5.75 Å². The summed E-state index contributed by atoms with van der Waals surface area (Å²) in [5.74, 6) is 3.91. The van der Waals surface area contributed by atoms with E-state index >= 15 is 0 Å². The van der Waals surface area contributed by atoms with Crippen LogP contribution in [0.5, 0.6) is 0 Å². The van der Waals surface area contributed by atoms with E-state index < -0.39 is 0 Å². The Hall–Kier alpha value is 0.440.